The molecule has 1 heterocycles. The molecule has 5 heteroatoms. The molecule has 3 aliphatic rings. The van der Waals surface area contributed by atoms with Crippen molar-refractivity contribution in [3.8, 4) is 0 Å². The third-order valence-electron chi connectivity index (χ3n) is 5.98. The Bertz CT molecular complexity index is 954. The lowest BCUT2D eigenvalue weighted by atomic mass is 9.87. The van der Waals surface area contributed by atoms with Gasteiger partial charge in [0.05, 0.1) is 0 Å². The van der Waals surface area contributed by atoms with Gasteiger partial charge in [0.1, 0.15) is 36.2 Å². The number of amides is 1. The summed E-state index contributed by atoms with van der Waals surface area (Å²) in [5.41, 5.74) is 4.69. The van der Waals surface area contributed by atoms with Crippen molar-refractivity contribution in [1.82, 2.24) is 5.32 Å². The molecule has 0 saturated heterocycles. The van der Waals surface area contributed by atoms with Gasteiger partial charge in [-0.25, -0.2) is 0 Å². The Hall–Kier alpha value is -3.08. The first kappa shape index (κ1) is 21.2. The van der Waals surface area contributed by atoms with E-state index < -0.39 is 5.92 Å². The van der Waals surface area contributed by atoms with E-state index in [1.807, 2.05) is 12.1 Å². The van der Waals surface area contributed by atoms with Crippen LogP contribution in [0.5, 0.6) is 0 Å². The highest BCUT2D eigenvalue weighted by Crippen LogP contribution is 2.27. The molecular weight excluding hydrogens is 390 g/mol. The maximum atomic E-state index is 12.7. The van der Waals surface area contributed by atoms with Crippen LogP contribution in [0.4, 0.5) is 0 Å². The van der Waals surface area contributed by atoms with E-state index in [1.165, 1.54) is 23.1 Å². The maximum absolute atomic E-state index is 12.7. The molecular formula is C26H29NO4. The van der Waals surface area contributed by atoms with Gasteiger partial charge in [-0.2, -0.15) is 0 Å². The average Bonchev–Trinajstić information content (AvgIpc) is 2.80. The SMILES string of the molecule is O=CC(C(=O)NCCC1=COC=C(CC2=CC=CCC2)O1)c1ccc2c(c1)CCCC2. The zero-order valence-electron chi connectivity index (χ0n) is 17.8. The standard InChI is InChI=1S/C26H29NO4/c28-16-25(22-11-10-20-8-4-5-9-21(20)15-22)26(29)27-13-12-23-17-30-18-24(31-23)14-19-6-2-1-3-7-19/h1-2,6,10-11,15-18,25H,3-5,7-9,12-14H2,(H,27,29). The van der Waals surface area contributed by atoms with Gasteiger partial charge in [-0.05, 0) is 55.2 Å². The Labute approximate surface area is 183 Å². The van der Waals surface area contributed by atoms with Crippen LogP contribution in [0.1, 0.15) is 61.1 Å². The number of aldehydes is 1. The highest BCUT2D eigenvalue weighted by molar-refractivity contribution is 5.97. The van der Waals surface area contributed by atoms with Gasteiger partial charge < -0.3 is 19.6 Å². The summed E-state index contributed by atoms with van der Waals surface area (Å²) < 4.78 is 11.3. The number of ether oxygens (including phenoxy) is 2. The van der Waals surface area contributed by atoms with Crippen LogP contribution in [0.15, 0.2) is 66.0 Å². The summed E-state index contributed by atoms with van der Waals surface area (Å²) >= 11 is 0. The molecule has 1 atom stereocenters. The van der Waals surface area contributed by atoms with Gasteiger partial charge in [-0.3, -0.25) is 4.79 Å². The van der Waals surface area contributed by atoms with Gasteiger partial charge in [-0.15, -0.1) is 0 Å². The Morgan fingerprint density at radius 2 is 1.94 bits per heavy atom. The Morgan fingerprint density at radius 1 is 1.10 bits per heavy atom. The summed E-state index contributed by atoms with van der Waals surface area (Å²) in [6.45, 7) is 0.377. The van der Waals surface area contributed by atoms with Crippen molar-refractivity contribution in [2.75, 3.05) is 6.54 Å². The largest absolute Gasteiger partial charge is 0.466 e. The third-order valence-corrected chi connectivity index (χ3v) is 5.98. The molecule has 0 saturated carbocycles. The molecule has 0 bridgehead atoms. The number of rotatable bonds is 8. The smallest absolute Gasteiger partial charge is 0.234 e. The van der Waals surface area contributed by atoms with Crippen LogP contribution in [-0.2, 0) is 31.9 Å². The molecule has 0 fully saturated rings. The zero-order chi connectivity index (χ0) is 21.5. The molecule has 1 unspecified atom stereocenters. The van der Waals surface area contributed by atoms with Gasteiger partial charge in [0.15, 0.2) is 0 Å². The summed E-state index contributed by atoms with van der Waals surface area (Å²) in [6.07, 6.45) is 18.0. The highest BCUT2D eigenvalue weighted by atomic mass is 16.5. The molecule has 0 spiro atoms. The molecule has 1 aromatic rings. The van der Waals surface area contributed by atoms with Crippen LogP contribution in [0.3, 0.4) is 0 Å². The van der Waals surface area contributed by atoms with Gasteiger partial charge in [-0.1, -0.05) is 42.0 Å². The first-order valence-corrected chi connectivity index (χ1v) is 11.1. The fraction of sp³-hybridized carbons (Fsp3) is 0.385. The zero-order valence-corrected chi connectivity index (χ0v) is 17.8. The van der Waals surface area contributed by atoms with Crippen molar-refractivity contribution < 1.29 is 19.1 Å². The van der Waals surface area contributed by atoms with Crippen LogP contribution in [0, 0.1) is 0 Å². The molecule has 1 aliphatic heterocycles. The minimum atomic E-state index is -0.786. The van der Waals surface area contributed by atoms with Crippen LogP contribution < -0.4 is 5.32 Å². The summed E-state index contributed by atoms with van der Waals surface area (Å²) in [4.78, 5) is 24.3. The normalized spacial score (nSPS) is 18.4. The van der Waals surface area contributed by atoms with Crippen LogP contribution in [-0.4, -0.2) is 18.7 Å². The number of carbonyl (C=O) groups excluding carboxylic acids is 2. The number of hydrogen-bond acceptors (Lipinski definition) is 4. The molecule has 162 valence electrons. The molecule has 5 nitrogen and oxygen atoms in total. The van der Waals surface area contributed by atoms with Gasteiger partial charge in [0.2, 0.25) is 5.91 Å². The minimum absolute atomic E-state index is 0.280. The number of fused-ring (bicyclic) bond motifs is 1. The number of hydrogen-bond donors (Lipinski definition) is 1. The first-order valence-electron chi connectivity index (χ1n) is 11.1. The number of benzene rings is 1. The minimum Gasteiger partial charge on any atom is -0.466 e. The quantitative estimate of drug-likeness (QED) is 0.488. The monoisotopic (exact) mass is 419 g/mol. The van der Waals surface area contributed by atoms with E-state index >= 15 is 0 Å². The van der Waals surface area contributed by atoms with Crippen molar-refractivity contribution in [1.29, 1.82) is 0 Å². The predicted octanol–water partition coefficient (Wildman–Crippen LogP) is 4.75. The molecule has 1 amide bonds. The summed E-state index contributed by atoms with van der Waals surface area (Å²) in [5.74, 6) is 0.371. The van der Waals surface area contributed by atoms with Crippen molar-refractivity contribution in [2.45, 2.75) is 57.3 Å². The van der Waals surface area contributed by atoms with E-state index in [-0.39, 0.29) is 5.91 Å². The molecule has 0 radical (unpaired) electrons. The van der Waals surface area contributed by atoms with Crippen molar-refractivity contribution >= 4 is 12.2 Å². The Kier molecular flexibility index (Phi) is 7.03. The second kappa shape index (κ2) is 10.3. The van der Waals surface area contributed by atoms with E-state index in [1.54, 1.807) is 12.5 Å². The van der Waals surface area contributed by atoms with Gasteiger partial charge in [0.25, 0.3) is 0 Å². The maximum Gasteiger partial charge on any atom is 0.234 e. The molecule has 31 heavy (non-hydrogen) atoms. The van der Waals surface area contributed by atoms with Crippen molar-refractivity contribution in [3.63, 3.8) is 0 Å². The number of aryl methyl sites for hydroxylation is 2. The number of carbonyl (C=O) groups is 2. The van der Waals surface area contributed by atoms with E-state index in [0.717, 1.165) is 56.1 Å². The van der Waals surface area contributed by atoms with E-state index in [9.17, 15) is 9.59 Å². The van der Waals surface area contributed by atoms with Gasteiger partial charge >= 0.3 is 0 Å². The fourth-order valence-corrected chi connectivity index (χ4v) is 4.27. The first-order chi connectivity index (χ1) is 15.2. The second-order valence-corrected chi connectivity index (χ2v) is 8.27. The summed E-state index contributed by atoms with van der Waals surface area (Å²) in [5, 5.41) is 2.87. The molecule has 0 aromatic heterocycles. The second-order valence-electron chi connectivity index (χ2n) is 8.27. The lowest BCUT2D eigenvalue weighted by Crippen LogP contribution is -2.31. The Morgan fingerprint density at radius 3 is 2.74 bits per heavy atom. The predicted molar refractivity (Wildman–Crippen MR) is 119 cm³/mol. The molecule has 2 aliphatic carbocycles. The molecule has 1 aromatic carbocycles. The van der Waals surface area contributed by atoms with Crippen molar-refractivity contribution in [2.24, 2.45) is 0 Å². The fourth-order valence-electron chi connectivity index (χ4n) is 4.27. The van der Waals surface area contributed by atoms with Crippen LogP contribution >= 0.6 is 0 Å². The Balaban J connectivity index is 1.27. The highest BCUT2D eigenvalue weighted by Gasteiger charge is 2.22. The van der Waals surface area contributed by atoms with Gasteiger partial charge in [0, 0.05) is 19.4 Å². The molecule has 1 N–H and O–H groups in total. The van der Waals surface area contributed by atoms with E-state index in [4.69, 9.17) is 9.47 Å². The van der Waals surface area contributed by atoms with Crippen molar-refractivity contribution in [3.05, 3.63) is 82.7 Å². The summed E-state index contributed by atoms with van der Waals surface area (Å²) in [7, 11) is 0. The molecule has 4 rings (SSSR count). The van der Waals surface area contributed by atoms with E-state index in [0.29, 0.717) is 18.7 Å². The third kappa shape index (κ3) is 5.54. The topological polar surface area (TPSA) is 64.6 Å². The van der Waals surface area contributed by atoms with Crippen LogP contribution in [0.25, 0.3) is 0 Å². The average molecular weight is 420 g/mol. The van der Waals surface area contributed by atoms with E-state index in [2.05, 4.69) is 29.6 Å². The number of nitrogens with one attached hydrogen (secondary N) is 1. The lowest BCUT2D eigenvalue weighted by molar-refractivity contribution is -0.125. The van der Waals surface area contributed by atoms with Crippen LogP contribution in [0.2, 0.25) is 0 Å². The number of allylic oxidation sites excluding steroid dienone is 4. The lowest BCUT2D eigenvalue weighted by Gasteiger charge is -2.20. The summed E-state index contributed by atoms with van der Waals surface area (Å²) in [6, 6.07) is 6.01.